The zero-order chi connectivity index (χ0) is 36.5. The second-order valence-electron chi connectivity index (χ2n) is 12.8. The number of fused-ring (bicyclic) bond motifs is 4. The largest absolute Gasteiger partial charge is 0.508 e. The number of nitrogens with one attached hydrogen (secondary N) is 1. The fourth-order valence-corrected chi connectivity index (χ4v) is 8.59. The third kappa shape index (κ3) is 4.81. The van der Waals surface area contributed by atoms with Gasteiger partial charge in [0.15, 0.2) is 0 Å². The molecular weight excluding hydrogens is 709 g/mol. The lowest BCUT2D eigenvalue weighted by Gasteiger charge is -2.49. The van der Waals surface area contributed by atoms with Crippen molar-refractivity contribution in [2.45, 2.75) is 30.3 Å². The minimum atomic E-state index is -1.66. The molecule has 1 saturated carbocycles. The molecule has 8 rings (SSSR count). The molecule has 4 aromatic carbocycles. The number of imide groups is 1. The SMILES string of the molecule is COc1ccc(C23C(=O)N(Nc4ccc(Cl)cc4Cl)C(=O)C2CC2C(=CCn4c(=O)n(-c5ccccc5)c(=O)n42)C3c2ccc(OC)cc2O)cc1. The van der Waals surface area contributed by atoms with Crippen molar-refractivity contribution in [3.63, 3.8) is 0 Å². The zero-order valence-electron chi connectivity index (χ0n) is 27.8. The van der Waals surface area contributed by atoms with Crippen LogP contribution in [0.3, 0.4) is 0 Å². The van der Waals surface area contributed by atoms with E-state index in [0.29, 0.717) is 38.9 Å². The number of ether oxygens (including phenoxy) is 2. The van der Waals surface area contributed by atoms with Crippen molar-refractivity contribution in [1.82, 2.24) is 18.9 Å². The molecule has 0 radical (unpaired) electrons. The summed E-state index contributed by atoms with van der Waals surface area (Å²) in [6.45, 7) is 0.000992. The summed E-state index contributed by atoms with van der Waals surface area (Å²) in [6.07, 6.45) is 1.79. The number of carbonyl (C=O) groups excluding carboxylic acids is 2. The Morgan fingerprint density at radius 1 is 0.846 bits per heavy atom. The highest BCUT2D eigenvalue weighted by molar-refractivity contribution is 6.36. The molecule has 0 spiro atoms. The zero-order valence-corrected chi connectivity index (χ0v) is 29.3. The number of phenolic OH excluding ortho intramolecular Hbond substituents is 1. The number of benzene rings is 4. The molecule has 0 bridgehead atoms. The second-order valence-corrected chi connectivity index (χ2v) is 13.7. The fraction of sp³-hybridized carbons (Fsp3) is 0.211. The predicted octanol–water partition coefficient (Wildman–Crippen LogP) is 5.45. The number of phenols is 1. The lowest BCUT2D eigenvalue weighted by atomic mass is 9.53. The van der Waals surface area contributed by atoms with Crippen LogP contribution in [0.25, 0.3) is 5.69 Å². The van der Waals surface area contributed by atoms with Gasteiger partial charge in [-0.25, -0.2) is 23.5 Å². The summed E-state index contributed by atoms with van der Waals surface area (Å²) in [4.78, 5) is 58.3. The molecule has 12 nitrogen and oxygen atoms in total. The first-order chi connectivity index (χ1) is 25.1. The first kappa shape index (κ1) is 33.4. The summed E-state index contributed by atoms with van der Waals surface area (Å²) in [6, 6.07) is 24.0. The van der Waals surface area contributed by atoms with E-state index in [1.54, 1.807) is 78.9 Å². The highest BCUT2D eigenvalue weighted by Crippen LogP contribution is 2.63. The number of rotatable bonds is 7. The number of hydrogen-bond donors (Lipinski definition) is 2. The molecule has 4 unspecified atom stereocenters. The Bertz CT molecular complexity index is 2420. The quantitative estimate of drug-likeness (QED) is 0.166. The number of aromatic nitrogens is 3. The van der Waals surface area contributed by atoms with Crippen molar-refractivity contribution in [3.8, 4) is 22.9 Å². The molecule has 2 aliphatic heterocycles. The topological polar surface area (TPSA) is 137 Å². The van der Waals surface area contributed by atoms with Gasteiger partial charge in [0.2, 0.25) is 0 Å². The number of hydrogen-bond acceptors (Lipinski definition) is 8. The second kappa shape index (κ2) is 12.5. The van der Waals surface area contributed by atoms with Gasteiger partial charge in [-0.1, -0.05) is 65.7 Å². The number of hydrazine groups is 1. The molecule has 3 heterocycles. The van der Waals surface area contributed by atoms with Crippen molar-refractivity contribution in [2.75, 3.05) is 19.6 Å². The first-order valence-electron chi connectivity index (χ1n) is 16.4. The van der Waals surface area contributed by atoms with Gasteiger partial charge >= 0.3 is 11.4 Å². The molecule has 264 valence electrons. The lowest BCUT2D eigenvalue weighted by Crippen LogP contribution is -2.53. The van der Waals surface area contributed by atoms with Gasteiger partial charge in [0.1, 0.15) is 17.2 Å². The predicted molar refractivity (Wildman–Crippen MR) is 194 cm³/mol. The average Bonchev–Trinajstić information content (AvgIpc) is 3.53. The Balaban J connectivity index is 1.39. The summed E-state index contributed by atoms with van der Waals surface area (Å²) < 4.78 is 14.7. The van der Waals surface area contributed by atoms with E-state index >= 15 is 4.79 Å². The normalized spacial score (nSPS) is 22.0. The summed E-state index contributed by atoms with van der Waals surface area (Å²) in [5.74, 6) is -2.56. The Morgan fingerprint density at radius 3 is 2.23 bits per heavy atom. The molecule has 4 atom stereocenters. The van der Waals surface area contributed by atoms with Crippen LogP contribution in [0.4, 0.5) is 5.69 Å². The number of allylic oxidation sites excluding steroid dienone is 2. The Morgan fingerprint density at radius 2 is 1.56 bits per heavy atom. The summed E-state index contributed by atoms with van der Waals surface area (Å²) in [7, 11) is 2.99. The highest BCUT2D eigenvalue weighted by atomic mass is 35.5. The maximum Gasteiger partial charge on any atom is 0.352 e. The molecule has 3 aliphatic rings. The van der Waals surface area contributed by atoms with E-state index in [1.165, 1.54) is 35.7 Å². The Labute approximate surface area is 306 Å². The summed E-state index contributed by atoms with van der Waals surface area (Å²) in [5, 5.41) is 13.2. The van der Waals surface area contributed by atoms with Crippen LogP contribution in [0.2, 0.25) is 10.0 Å². The molecule has 52 heavy (non-hydrogen) atoms. The third-order valence-corrected chi connectivity index (χ3v) is 11.0. The number of methoxy groups -OCH3 is 2. The van der Waals surface area contributed by atoms with Crippen LogP contribution in [-0.4, -0.2) is 50.1 Å². The molecule has 1 saturated heterocycles. The van der Waals surface area contributed by atoms with E-state index in [-0.39, 0.29) is 29.4 Å². The van der Waals surface area contributed by atoms with Gasteiger partial charge < -0.3 is 14.6 Å². The van der Waals surface area contributed by atoms with Crippen molar-refractivity contribution in [2.24, 2.45) is 5.92 Å². The van der Waals surface area contributed by atoms with E-state index in [4.69, 9.17) is 32.7 Å². The maximum atomic E-state index is 15.3. The summed E-state index contributed by atoms with van der Waals surface area (Å²) >= 11 is 12.7. The van der Waals surface area contributed by atoms with Crippen LogP contribution in [0.5, 0.6) is 17.2 Å². The molecule has 2 N–H and O–H groups in total. The first-order valence-corrected chi connectivity index (χ1v) is 17.2. The number of anilines is 1. The van der Waals surface area contributed by atoms with Crippen LogP contribution in [0.1, 0.15) is 29.5 Å². The van der Waals surface area contributed by atoms with Gasteiger partial charge in [0.25, 0.3) is 11.8 Å². The van der Waals surface area contributed by atoms with E-state index in [9.17, 15) is 19.5 Å². The minimum Gasteiger partial charge on any atom is -0.508 e. The Hall–Kier alpha value is -5.72. The van der Waals surface area contributed by atoms with E-state index < -0.39 is 46.5 Å². The summed E-state index contributed by atoms with van der Waals surface area (Å²) in [5.41, 5.74) is 2.22. The van der Waals surface area contributed by atoms with Gasteiger partial charge in [-0.3, -0.25) is 15.0 Å². The van der Waals surface area contributed by atoms with Gasteiger partial charge in [0.05, 0.1) is 54.5 Å². The van der Waals surface area contributed by atoms with E-state index in [1.807, 2.05) is 6.08 Å². The van der Waals surface area contributed by atoms with Gasteiger partial charge in [-0.15, -0.1) is 0 Å². The lowest BCUT2D eigenvalue weighted by molar-refractivity contribution is -0.138. The van der Waals surface area contributed by atoms with Crippen molar-refractivity contribution < 1.29 is 24.2 Å². The average molecular weight is 741 g/mol. The molecule has 2 fully saturated rings. The molecular formula is C38H31Cl2N5O7. The van der Waals surface area contributed by atoms with Crippen LogP contribution < -0.4 is 26.3 Å². The van der Waals surface area contributed by atoms with Gasteiger partial charge in [0, 0.05) is 22.6 Å². The standard InChI is InChI=1S/C38H31Cl2N5O7/c1-51-24-11-8-21(9-12-24)38-28(34(47)44(35(38)48)41-30-15-10-22(39)18-29(30)40)20-31-26(33(38)27-14-13-25(52-2)19-32(27)46)16-17-42-36(49)43(37(50)45(31)42)23-6-4-3-5-7-23/h3-16,18-19,28,31,33,41,46H,17,20H2,1-2H3. The van der Waals surface area contributed by atoms with E-state index in [2.05, 4.69) is 5.43 Å². The molecule has 14 heteroatoms. The Kier molecular flexibility index (Phi) is 8.03. The number of halogens is 2. The van der Waals surface area contributed by atoms with Crippen LogP contribution in [0, 0.1) is 5.92 Å². The number of nitrogens with zero attached hydrogens (tertiary/aromatic N) is 4. The smallest absolute Gasteiger partial charge is 0.352 e. The highest BCUT2D eigenvalue weighted by Gasteiger charge is 2.69. The third-order valence-electron chi connectivity index (χ3n) is 10.4. The van der Waals surface area contributed by atoms with Crippen LogP contribution in [0.15, 0.2) is 112 Å². The molecule has 1 aliphatic carbocycles. The van der Waals surface area contributed by atoms with Crippen molar-refractivity contribution in [3.05, 3.63) is 145 Å². The number of para-hydroxylation sites is 1. The van der Waals surface area contributed by atoms with Gasteiger partial charge in [-0.05, 0) is 66.1 Å². The van der Waals surface area contributed by atoms with Crippen molar-refractivity contribution >= 4 is 40.7 Å². The van der Waals surface area contributed by atoms with E-state index in [0.717, 1.165) is 9.58 Å². The fourth-order valence-electron chi connectivity index (χ4n) is 8.14. The van der Waals surface area contributed by atoms with Crippen LogP contribution >= 0.6 is 23.2 Å². The molecule has 1 aromatic heterocycles. The monoisotopic (exact) mass is 739 g/mol. The number of aromatic hydroxyl groups is 1. The number of amides is 2. The van der Waals surface area contributed by atoms with Crippen LogP contribution in [-0.2, 0) is 21.5 Å². The molecule has 5 aromatic rings. The number of carbonyl (C=O) groups is 2. The minimum absolute atomic E-state index is 0.000992. The molecule has 2 amide bonds. The maximum absolute atomic E-state index is 15.3. The van der Waals surface area contributed by atoms with Crippen molar-refractivity contribution in [1.29, 1.82) is 0 Å². The van der Waals surface area contributed by atoms with Gasteiger partial charge in [-0.2, -0.15) is 5.01 Å².